The van der Waals surface area contributed by atoms with E-state index in [1.807, 2.05) is 6.07 Å². The van der Waals surface area contributed by atoms with Gasteiger partial charge in [-0.15, -0.1) is 0 Å². The number of amides is 1. The number of carbonyl (C=O) groups excluding carboxylic acids is 1. The maximum atomic E-state index is 12.5. The molecule has 0 heterocycles. The minimum Gasteiger partial charge on any atom is -0.493 e. The van der Waals surface area contributed by atoms with Crippen LogP contribution in [-0.4, -0.2) is 25.1 Å². The predicted molar refractivity (Wildman–Crippen MR) is 107 cm³/mol. The third kappa shape index (κ3) is 4.66. The summed E-state index contributed by atoms with van der Waals surface area (Å²) in [6.45, 7) is 1.63. The molecule has 0 saturated carbocycles. The maximum Gasteiger partial charge on any atom is 0.269 e. The van der Waals surface area contributed by atoms with E-state index in [2.05, 4.69) is 21.2 Å². The Hall–Kier alpha value is -3.38. The Bertz CT molecular complexity index is 1010. The van der Waals surface area contributed by atoms with Crippen molar-refractivity contribution in [2.45, 2.75) is 6.92 Å². The van der Waals surface area contributed by atoms with Crippen LogP contribution in [0.25, 0.3) is 6.08 Å². The number of benzene rings is 2. The molecule has 144 valence electrons. The fourth-order valence-corrected chi connectivity index (χ4v) is 2.81. The number of rotatable bonds is 6. The van der Waals surface area contributed by atoms with Crippen molar-refractivity contribution in [1.29, 1.82) is 5.26 Å². The number of hydrogen-bond acceptors (Lipinski definition) is 6. The molecule has 9 heteroatoms. The van der Waals surface area contributed by atoms with E-state index in [9.17, 15) is 20.2 Å². The summed E-state index contributed by atoms with van der Waals surface area (Å²) in [5.41, 5.74) is 1.20. The molecule has 8 nitrogen and oxygen atoms in total. The summed E-state index contributed by atoms with van der Waals surface area (Å²) in [5.74, 6) is 0.304. The second-order valence-corrected chi connectivity index (χ2v) is 6.46. The molecular formula is C19H16BrN3O5. The van der Waals surface area contributed by atoms with Gasteiger partial charge in [0, 0.05) is 22.3 Å². The minimum absolute atomic E-state index is 0.0826. The monoisotopic (exact) mass is 445 g/mol. The second-order valence-electron chi connectivity index (χ2n) is 5.61. The number of nitrogens with zero attached hydrogens (tertiary/aromatic N) is 2. The second kappa shape index (κ2) is 9.01. The number of ether oxygens (including phenoxy) is 2. The van der Waals surface area contributed by atoms with Gasteiger partial charge in [0.1, 0.15) is 11.6 Å². The van der Waals surface area contributed by atoms with Gasteiger partial charge < -0.3 is 14.8 Å². The lowest BCUT2D eigenvalue weighted by Gasteiger charge is -2.11. The Morgan fingerprint density at radius 3 is 2.43 bits per heavy atom. The largest absolute Gasteiger partial charge is 0.493 e. The van der Waals surface area contributed by atoms with Crippen molar-refractivity contribution in [3.05, 3.63) is 61.6 Å². The highest BCUT2D eigenvalue weighted by molar-refractivity contribution is 9.10. The number of hydrogen-bond donors (Lipinski definition) is 1. The molecule has 2 aromatic carbocycles. The van der Waals surface area contributed by atoms with Crippen LogP contribution in [0.2, 0.25) is 0 Å². The van der Waals surface area contributed by atoms with Gasteiger partial charge in [-0.3, -0.25) is 14.9 Å². The molecule has 0 atom stereocenters. The number of non-ortho nitro benzene ring substituents is 1. The normalized spacial score (nSPS) is 10.8. The molecule has 2 rings (SSSR count). The zero-order chi connectivity index (χ0) is 20.8. The van der Waals surface area contributed by atoms with E-state index in [-0.39, 0.29) is 11.3 Å². The summed E-state index contributed by atoms with van der Waals surface area (Å²) in [6.07, 6.45) is 1.40. The van der Waals surface area contributed by atoms with Crippen molar-refractivity contribution in [3.63, 3.8) is 0 Å². The van der Waals surface area contributed by atoms with E-state index in [0.717, 1.165) is 0 Å². The van der Waals surface area contributed by atoms with Crippen molar-refractivity contribution in [1.82, 2.24) is 0 Å². The lowest BCUT2D eigenvalue weighted by atomic mass is 10.1. The summed E-state index contributed by atoms with van der Waals surface area (Å²) in [5, 5.41) is 22.8. The van der Waals surface area contributed by atoms with Gasteiger partial charge in [-0.25, -0.2) is 0 Å². The van der Waals surface area contributed by atoms with Crippen LogP contribution in [0, 0.1) is 28.4 Å². The quantitative estimate of drug-likeness (QED) is 0.308. The smallest absolute Gasteiger partial charge is 0.269 e. The van der Waals surface area contributed by atoms with Crippen molar-refractivity contribution >= 4 is 39.3 Å². The van der Waals surface area contributed by atoms with Crippen LogP contribution in [-0.2, 0) is 4.79 Å². The van der Waals surface area contributed by atoms with Crippen LogP contribution < -0.4 is 14.8 Å². The van der Waals surface area contributed by atoms with E-state index in [1.54, 1.807) is 19.1 Å². The molecule has 0 aliphatic carbocycles. The van der Waals surface area contributed by atoms with Gasteiger partial charge in [-0.1, -0.05) is 15.9 Å². The Balaban J connectivity index is 2.34. The van der Waals surface area contributed by atoms with Gasteiger partial charge in [0.2, 0.25) is 0 Å². The van der Waals surface area contributed by atoms with E-state index in [0.29, 0.717) is 32.8 Å². The number of anilines is 1. The Morgan fingerprint density at radius 2 is 1.89 bits per heavy atom. The molecule has 0 aliphatic heterocycles. The van der Waals surface area contributed by atoms with Gasteiger partial charge in [0.05, 0.1) is 19.1 Å². The highest BCUT2D eigenvalue weighted by Gasteiger charge is 2.15. The highest BCUT2D eigenvalue weighted by Crippen LogP contribution is 2.34. The maximum absolute atomic E-state index is 12.5. The van der Waals surface area contributed by atoms with Crippen LogP contribution in [0.3, 0.4) is 0 Å². The first kappa shape index (κ1) is 20.9. The summed E-state index contributed by atoms with van der Waals surface area (Å²) >= 11 is 3.37. The summed E-state index contributed by atoms with van der Waals surface area (Å²) in [4.78, 5) is 22.8. The van der Waals surface area contributed by atoms with Crippen LogP contribution in [0.1, 0.15) is 11.1 Å². The molecule has 0 saturated heterocycles. The molecular weight excluding hydrogens is 430 g/mol. The molecule has 1 amide bonds. The summed E-state index contributed by atoms with van der Waals surface area (Å²) < 4.78 is 11.0. The molecule has 0 aromatic heterocycles. The molecule has 2 aromatic rings. The third-order valence-corrected chi connectivity index (χ3v) is 4.52. The number of nitro benzene ring substituents is 1. The predicted octanol–water partition coefficient (Wildman–Crippen LogP) is 4.23. The van der Waals surface area contributed by atoms with Gasteiger partial charge in [0.15, 0.2) is 11.5 Å². The SMILES string of the molecule is COc1cc(Br)c(/C=C(/C#N)C(=O)Nc2ccc([N+](=O)[O-])cc2C)cc1OC. The van der Waals surface area contributed by atoms with E-state index in [4.69, 9.17) is 9.47 Å². The fraction of sp³-hybridized carbons (Fsp3) is 0.158. The van der Waals surface area contributed by atoms with Crippen LogP contribution in [0.15, 0.2) is 40.4 Å². The average molecular weight is 446 g/mol. The van der Waals surface area contributed by atoms with Gasteiger partial charge in [-0.05, 0) is 42.3 Å². The molecule has 0 radical (unpaired) electrons. The minimum atomic E-state index is -0.638. The summed E-state index contributed by atoms with van der Waals surface area (Å²) in [7, 11) is 2.98. The Morgan fingerprint density at radius 1 is 1.25 bits per heavy atom. The molecule has 0 aliphatic rings. The zero-order valence-electron chi connectivity index (χ0n) is 15.3. The molecule has 0 spiro atoms. The number of carbonyl (C=O) groups is 1. The number of nitro groups is 1. The van der Waals surface area contributed by atoms with E-state index < -0.39 is 10.8 Å². The number of methoxy groups -OCH3 is 2. The average Bonchev–Trinajstić information content (AvgIpc) is 2.67. The van der Waals surface area contributed by atoms with Crippen molar-refractivity contribution in [3.8, 4) is 17.6 Å². The van der Waals surface area contributed by atoms with E-state index in [1.165, 1.54) is 38.5 Å². The molecule has 28 heavy (non-hydrogen) atoms. The fourth-order valence-electron chi connectivity index (χ4n) is 2.38. The van der Waals surface area contributed by atoms with Crippen molar-refractivity contribution in [2.24, 2.45) is 0 Å². The Kier molecular flexibility index (Phi) is 6.74. The zero-order valence-corrected chi connectivity index (χ0v) is 16.9. The highest BCUT2D eigenvalue weighted by atomic mass is 79.9. The number of nitriles is 1. The number of halogens is 1. The summed E-state index contributed by atoms with van der Waals surface area (Å²) in [6, 6.07) is 9.20. The lowest BCUT2D eigenvalue weighted by Crippen LogP contribution is -2.14. The molecule has 1 N–H and O–H groups in total. The molecule has 0 unspecified atom stereocenters. The first-order valence-electron chi connectivity index (χ1n) is 7.90. The molecule has 0 fully saturated rings. The topological polar surface area (TPSA) is 114 Å². The Labute approximate surface area is 169 Å². The van der Waals surface area contributed by atoms with Crippen molar-refractivity contribution < 1.29 is 19.2 Å². The number of nitrogens with one attached hydrogen (secondary N) is 1. The van der Waals surface area contributed by atoms with Gasteiger partial charge >= 0.3 is 0 Å². The first-order chi connectivity index (χ1) is 13.3. The van der Waals surface area contributed by atoms with E-state index >= 15 is 0 Å². The van der Waals surface area contributed by atoms with Crippen LogP contribution in [0.5, 0.6) is 11.5 Å². The van der Waals surface area contributed by atoms with Gasteiger partial charge in [-0.2, -0.15) is 5.26 Å². The lowest BCUT2D eigenvalue weighted by molar-refractivity contribution is -0.384. The number of aryl methyl sites for hydroxylation is 1. The van der Waals surface area contributed by atoms with Crippen molar-refractivity contribution in [2.75, 3.05) is 19.5 Å². The van der Waals surface area contributed by atoms with Crippen LogP contribution >= 0.6 is 15.9 Å². The third-order valence-electron chi connectivity index (χ3n) is 3.84. The molecule has 0 bridgehead atoms. The first-order valence-corrected chi connectivity index (χ1v) is 8.69. The van der Waals surface area contributed by atoms with Gasteiger partial charge in [0.25, 0.3) is 11.6 Å². The van der Waals surface area contributed by atoms with Crippen LogP contribution in [0.4, 0.5) is 11.4 Å². The standard InChI is InChI=1S/C19H16BrN3O5/c1-11-6-14(23(25)26)4-5-16(11)22-19(24)13(10-21)7-12-8-17(27-2)18(28-3)9-15(12)20/h4-9H,1-3H3,(H,22,24)/b13-7-.